The molecular weight excluding hydrogens is 893 g/mol. The summed E-state index contributed by atoms with van der Waals surface area (Å²) >= 11 is 8.79. The summed E-state index contributed by atoms with van der Waals surface area (Å²) in [5.74, 6) is 11.8. The molecule has 8 heterocycles. The van der Waals surface area contributed by atoms with Crippen molar-refractivity contribution in [1.82, 2.24) is 39.2 Å². The van der Waals surface area contributed by atoms with Crippen molar-refractivity contribution >= 4 is 108 Å². The molecule has 0 aromatic rings. The molecule has 7 fully saturated rings. The SMILES string of the molecule is CN1C=NCC1=O.CN1CCS(=O)(=O)CC1.CN1CCS(=O)CC1.CN1CCSC1.CN1CCSC1=N.CN1CCSC1=O.CN1CCSCC1.CN1CCSCC1=O. The van der Waals surface area contributed by atoms with Crippen LogP contribution in [0.5, 0.6) is 0 Å². The third-order valence-electron chi connectivity index (χ3n) is 9.21. The molecule has 0 spiro atoms. The Morgan fingerprint density at radius 1 is 0.593 bits per heavy atom. The zero-order chi connectivity index (χ0) is 44.2. The summed E-state index contributed by atoms with van der Waals surface area (Å²) in [4.78, 5) is 51.1. The Balaban J connectivity index is 0.000000338. The summed E-state index contributed by atoms with van der Waals surface area (Å²) in [5.41, 5.74) is 0. The topological polar surface area (TPSA) is 165 Å². The van der Waals surface area contributed by atoms with E-state index in [1.807, 2.05) is 49.8 Å². The number of carbonyl (C=O) groups excluding carboxylic acids is 3. The van der Waals surface area contributed by atoms with Gasteiger partial charge in [-0.1, -0.05) is 23.5 Å². The highest BCUT2D eigenvalue weighted by molar-refractivity contribution is 8.14. The van der Waals surface area contributed by atoms with Crippen LogP contribution in [0.15, 0.2) is 4.99 Å². The first-order valence-electron chi connectivity index (χ1n) is 19.7. The van der Waals surface area contributed by atoms with Crippen LogP contribution in [0.2, 0.25) is 0 Å². The van der Waals surface area contributed by atoms with E-state index in [9.17, 15) is 27.0 Å². The van der Waals surface area contributed by atoms with Gasteiger partial charge in [0.15, 0.2) is 15.0 Å². The minimum absolute atomic E-state index is 0.0694. The van der Waals surface area contributed by atoms with Crippen molar-refractivity contribution in [2.75, 3.05) is 198 Å². The van der Waals surface area contributed by atoms with Crippen molar-refractivity contribution in [3.63, 3.8) is 0 Å². The van der Waals surface area contributed by atoms with E-state index < -0.39 is 20.6 Å². The van der Waals surface area contributed by atoms with Crippen LogP contribution >= 0.6 is 58.8 Å². The van der Waals surface area contributed by atoms with Gasteiger partial charge in [-0.25, -0.2) is 8.42 Å². The molecule has 8 aliphatic heterocycles. The summed E-state index contributed by atoms with van der Waals surface area (Å²) in [6.45, 7) is 10.5. The van der Waals surface area contributed by atoms with Crippen molar-refractivity contribution in [2.45, 2.75) is 0 Å². The summed E-state index contributed by atoms with van der Waals surface area (Å²) < 4.78 is 32.2. The van der Waals surface area contributed by atoms with Gasteiger partial charge in [-0.2, -0.15) is 23.5 Å². The van der Waals surface area contributed by atoms with Gasteiger partial charge in [0.2, 0.25) is 11.8 Å². The zero-order valence-corrected chi connectivity index (χ0v) is 42.4. The lowest BCUT2D eigenvalue weighted by molar-refractivity contribution is -0.127. The van der Waals surface area contributed by atoms with Gasteiger partial charge in [-0.3, -0.25) is 33.9 Å². The molecule has 0 radical (unpaired) electrons. The van der Waals surface area contributed by atoms with E-state index in [1.54, 1.807) is 40.4 Å². The Labute approximate surface area is 379 Å². The van der Waals surface area contributed by atoms with Crippen LogP contribution < -0.4 is 0 Å². The van der Waals surface area contributed by atoms with Gasteiger partial charge in [0.25, 0.3) is 5.24 Å². The second kappa shape index (κ2) is 32.8. The smallest absolute Gasteiger partial charge is 0.281 e. The van der Waals surface area contributed by atoms with E-state index in [1.165, 1.54) is 65.8 Å². The van der Waals surface area contributed by atoms with Crippen LogP contribution in [-0.2, 0) is 30.2 Å². The normalized spacial score (nSPS) is 23.7. The van der Waals surface area contributed by atoms with E-state index in [2.05, 4.69) is 52.6 Å². The van der Waals surface area contributed by atoms with Crippen molar-refractivity contribution in [1.29, 1.82) is 5.41 Å². The number of rotatable bonds is 0. The Morgan fingerprint density at radius 2 is 1.10 bits per heavy atom. The Morgan fingerprint density at radius 3 is 1.36 bits per heavy atom. The molecule has 3 amide bonds. The quantitative estimate of drug-likeness (QED) is 0.370. The number of amides is 3. The molecule has 1 N–H and O–H groups in total. The van der Waals surface area contributed by atoms with E-state index in [0.717, 1.165) is 61.5 Å². The summed E-state index contributed by atoms with van der Waals surface area (Å²) in [5, 5.41) is 8.06. The third-order valence-corrected chi connectivity index (χ3v) is 17.0. The van der Waals surface area contributed by atoms with Crippen LogP contribution in [-0.4, -0.2) is 278 Å². The van der Waals surface area contributed by atoms with E-state index in [-0.39, 0.29) is 17.1 Å². The van der Waals surface area contributed by atoms with Crippen molar-refractivity contribution in [3.8, 4) is 0 Å². The molecule has 0 aromatic carbocycles. The first-order valence-corrected chi connectivity index (χ1v) is 28.5. The molecular formula is C36H72N10O6S7. The fourth-order valence-corrected chi connectivity index (χ4v) is 12.0. The number of nitrogens with zero attached hydrogens (tertiary/aromatic N) is 9. The fourth-order valence-electron chi connectivity index (χ4n) is 4.67. The van der Waals surface area contributed by atoms with Crippen molar-refractivity contribution < 1.29 is 27.0 Å². The number of nitrogens with one attached hydrogen (secondary N) is 1. The van der Waals surface area contributed by atoms with E-state index >= 15 is 0 Å². The molecule has 0 atom stereocenters. The number of hydrogen-bond donors (Lipinski definition) is 1. The molecule has 8 rings (SSSR count). The molecule has 0 aliphatic carbocycles. The van der Waals surface area contributed by atoms with Crippen LogP contribution in [0, 0.1) is 5.41 Å². The largest absolute Gasteiger partial charge is 0.354 e. The summed E-state index contributed by atoms with van der Waals surface area (Å²) in [6, 6.07) is 0. The van der Waals surface area contributed by atoms with Gasteiger partial charge >= 0.3 is 0 Å². The van der Waals surface area contributed by atoms with E-state index in [0.29, 0.717) is 42.1 Å². The van der Waals surface area contributed by atoms with Gasteiger partial charge in [0.05, 0.1) is 23.6 Å². The zero-order valence-electron chi connectivity index (χ0n) is 36.7. The highest BCUT2D eigenvalue weighted by Crippen LogP contribution is 2.14. The molecule has 23 heteroatoms. The van der Waals surface area contributed by atoms with Crippen LogP contribution in [0.3, 0.4) is 0 Å². The number of sulfone groups is 1. The monoisotopic (exact) mass is 964 g/mol. The molecule has 16 nitrogen and oxygen atoms in total. The minimum Gasteiger partial charge on any atom is -0.354 e. The van der Waals surface area contributed by atoms with Gasteiger partial charge < -0.3 is 34.3 Å². The number of carbonyl (C=O) groups is 3. The fraction of sp³-hybridized carbons (Fsp3) is 0.861. The molecule has 0 aromatic heterocycles. The van der Waals surface area contributed by atoms with Gasteiger partial charge in [-0.05, 0) is 28.2 Å². The number of aliphatic imine (C=N–C) groups is 1. The number of likely N-dealkylation sites (N-methyl/N-ethyl adjacent to an activating group) is 1. The molecule has 7 saturated heterocycles. The molecule has 0 saturated carbocycles. The van der Waals surface area contributed by atoms with Gasteiger partial charge in [-0.15, -0.1) is 11.8 Å². The van der Waals surface area contributed by atoms with Crippen LogP contribution in [0.4, 0.5) is 4.79 Å². The average molecular weight is 966 g/mol. The Kier molecular flexibility index (Phi) is 31.3. The predicted octanol–water partition coefficient (Wildman–Crippen LogP) is 1.38. The molecule has 59 heavy (non-hydrogen) atoms. The first kappa shape index (κ1) is 56.3. The van der Waals surface area contributed by atoms with Gasteiger partial charge in [0, 0.05) is 156 Å². The Hall–Kier alpha value is -0.760. The lowest BCUT2D eigenvalue weighted by atomic mass is 10.5. The number of hydrogen-bond acceptors (Lipinski definition) is 17. The number of amidine groups is 1. The first-order chi connectivity index (χ1) is 27.9. The third kappa shape index (κ3) is 29.3. The van der Waals surface area contributed by atoms with Crippen LogP contribution in [0.25, 0.3) is 0 Å². The minimum atomic E-state index is -2.66. The molecule has 8 aliphatic rings. The van der Waals surface area contributed by atoms with Gasteiger partial charge in [0.1, 0.15) is 6.54 Å². The lowest BCUT2D eigenvalue weighted by Gasteiger charge is -2.21. The maximum Gasteiger partial charge on any atom is 0.281 e. The lowest BCUT2D eigenvalue weighted by Crippen LogP contribution is -2.37. The molecule has 0 unspecified atom stereocenters. The Bertz CT molecular complexity index is 1340. The standard InChI is InChI=1S/C5H11NO2S.C5H11NOS.C5H9NOS.C5H11NS.C4H6N2O.C4H8N2S.C4H7NOS.C4H9NS/c1-6-2-4-9(7,8)5-3-6;1-6-2-4-8(7)5-3-6;1-6-2-3-8-4-5(6)7;1-6-2-4-7-5-3-6;1-6-3-5-2-4(6)7;1-6-2-3-7-4(6)5;1-5-2-3-7-4(5)6;1-5-2-3-6-4-5/h2-5H2,1H3;2-5H2,1H3;2-4H2,1H3;2-5H2,1H3;3H,2H2,1H3;5H,2-3H2,1H3;2-3H2,1H3;2-4H2,1H3. The van der Waals surface area contributed by atoms with E-state index in [4.69, 9.17) is 5.41 Å². The highest BCUT2D eigenvalue weighted by Gasteiger charge is 2.18. The van der Waals surface area contributed by atoms with Crippen molar-refractivity contribution in [2.24, 2.45) is 4.99 Å². The molecule has 0 bridgehead atoms. The second-order valence-corrected chi connectivity index (χ2v) is 24.1. The summed E-state index contributed by atoms with van der Waals surface area (Å²) in [7, 11) is 12.5. The number of thioether (sulfide) groups is 5. The highest BCUT2D eigenvalue weighted by atomic mass is 32.2. The predicted molar refractivity (Wildman–Crippen MR) is 261 cm³/mol. The second-order valence-electron chi connectivity index (χ2n) is 14.6. The average Bonchev–Trinajstić information content (AvgIpc) is 4.03. The maximum absolute atomic E-state index is 10.8. The maximum atomic E-state index is 10.8. The molecule has 344 valence electrons. The van der Waals surface area contributed by atoms with Crippen LogP contribution in [0.1, 0.15) is 0 Å². The summed E-state index contributed by atoms with van der Waals surface area (Å²) in [6.07, 6.45) is 1.53. The van der Waals surface area contributed by atoms with Crippen molar-refractivity contribution in [3.05, 3.63) is 0 Å².